The average Bonchev–Trinajstić information content (AvgIpc) is 2.99. The second-order valence-electron chi connectivity index (χ2n) is 5.31. The maximum absolute atomic E-state index is 12.1. The number of carbonyl (C=O) groups is 1. The molecular weight excluding hydrogens is 318 g/mol. The van der Waals surface area contributed by atoms with E-state index < -0.39 is 5.97 Å². The van der Waals surface area contributed by atoms with Gasteiger partial charge in [0.05, 0.1) is 18.8 Å². The van der Waals surface area contributed by atoms with E-state index in [9.17, 15) is 4.79 Å². The zero-order valence-corrected chi connectivity index (χ0v) is 14.2. The summed E-state index contributed by atoms with van der Waals surface area (Å²) in [5.74, 6) is 0.891. The van der Waals surface area contributed by atoms with Crippen LogP contribution in [0.25, 0.3) is 6.08 Å². The van der Waals surface area contributed by atoms with Crippen molar-refractivity contribution >= 4 is 17.8 Å². The Morgan fingerprint density at radius 2 is 1.80 bits per heavy atom. The van der Waals surface area contributed by atoms with Crippen LogP contribution in [0.5, 0.6) is 11.5 Å². The second kappa shape index (κ2) is 7.66. The lowest BCUT2D eigenvalue weighted by atomic mass is 10.0. The van der Waals surface area contributed by atoms with Crippen molar-refractivity contribution in [2.45, 2.75) is 13.8 Å². The summed E-state index contributed by atoms with van der Waals surface area (Å²) in [7, 11) is 0. The predicted octanol–water partition coefficient (Wildman–Crippen LogP) is 3.83. The molecule has 3 rings (SSSR count). The van der Waals surface area contributed by atoms with Gasteiger partial charge in [0.1, 0.15) is 17.2 Å². The quantitative estimate of drug-likeness (QED) is 0.594. The van der Waals surface area contributed by atoms with Gasteiger partial charge >= 0.3 is 5.97 Å². The molecule has 0 unspecified atom stereocenters. The molecule has 0 spiro atoms. The maximum Gasteiger partial charge on any atom is 0.368 e. The number of nitrogens with zero attached hydrogens (tertiary/aromatic N) is 1. The first kappa shape index (κ1) is 16.8. The molecule has 0 aromatic heterocycles. The molecule has 2 aromatic carbocycles. The smallest absolute Gasteiger partial charge is 0.368 e. The molecule has 0 atom stereocenters. The third-order valence-corrected chi connectivity index (χ3v) is 3.64. The highest BCUT2D eigenvalue weighted by molar-refractivity contribution is 6.31. The summed E-state index contributed by atoms with van der Waals surface area (Å²) in [6, 6.07) is 15.0. The van der Waals surface area contributed by atoms with E-state index in [2.05, 4.69) is 5.16 Å². The lowest BCUT2D eigenvalue weighted by molar-refractivity contribution is -0.136. The Morgan fingerprint density at radius 3 is 2.52 bits per heavy atom. The molecule has 0 aliphatic carbocycles. The Bertz CT molecular complexity index is 825. The largest absolute Gasteiger partial charge is 0.494 e. The number of benzene rings is 2. The van der Waals surface area contributed by atoms with Crippen molar-refractivity contribution < 1.29 is 19.1 Å². The van der Waals surface area contributed by atoms with Crippen LogP contribution in [0.3, 0.4) is 0 Å². The van der Waals surface area contributed by atoms with Gasteiger partial charge in [0.2, 0.25) is 0 Å². The van der Waals surface area contributed by atoms with Crippen molar-refractivity contribution in [3.05, 3.63) is 65.2 Å². The molecule has 0 bridgehead atoms. The number of carbonyl (C=O) groups excluding carboxylic acids is 1. The first-order valence-electron chi connectivity index (χ1n) is 8.19. The van der Waals surface area contributed by atoms with Gasteiger partial charge in [-0.15, -0.1) is 0 Å². The number of oxime groups is 1. The van der Waals surface area contributed by atoms with Crippen LogP contribution in [0.4, 0.5) is 0 Å². The minimum atomic E-state index is -0.477. The van der Waals surface area contributed by atoms with Crippen LogP contribution >= 0.6 is 0 Å². The topological polar surface area (TPSA) is 57.1 Å². The lowest BCUT2D eigenvalue weighted by Gasteiger charge is -2.11. The van der Waals surface area contributed by atoms with Crippen molar-refractivity contribution in [2.24, 2.45) is 5.16 Å². The van der Waals surface area contributed by atoms with Gasteiger partial charge in [0.25, 0.3) is 0 Å². The first-order valence-corrected chi connectivity index (χ1v) is 8.19. The molecule has 0 amide bonds. The normalized spacial score (nSPS) is 15.0. The molecule has 0 saturated heterocycles. The van der Waals surface area contributed by atoms with E-state index in [-0.39, 0.29) is 0 Å². The van der Waals surface area contributed by atoms with Gasteiger partial charge in [-0.3, -0.25) is 0 Å². The van der Waals surface area contributed by atoms with E-state index in [1.807, 2.05) is 62.4 Å². The highest BCUT2D eigenvalue weighted by Gasteiger charge is 2.27. The van der Waals surface area contributed by atoms with Crippen molar-refractivity contribution in [1.29, 1.82) is 0 Å². The molecule has 1 heterocycles. The first-order chi connectivity index (χ1) is 12.2. The predicted molar refractivity (Wildman–Crippen MR) is 95.8 cm³/mol. The standard InChI is InChI=1S/C20H19NO4/c1-3-23-16-11-10-15(18(13-16)24-4-2)12-17-19(21-25-20(17)22)14-8-6-5-7-9-14/h5-13H,3-4H2,1-2H3/b17-12-. The van der Waals surface area contributed by atoms with Crippen LogP contribution in [-0.2, 0) is 9.63 Å². The Kier molecular flexibility index (Phi) is 5.14. The number of ether oxygens (including phenoxy) is 2. The third-order valence-electron chi connectivity index (χ3n) is 3.64. The third kappa shape index (κ3) is 3.71. The fraction of sp³-hybridized carbons (Fsp3) is 0.200. The van der Waals surface area contributed by atoms with Crippen LogP contribution < -0.4 is 9.47 Å². The van der Waals surface area contributed by atoms with E-state index in [1.54, 1.807) is 6.08 Å². The minimum absolute atomic E-state index is 0.399. The minimum Gasteiger partial charge on any atom is -0.494 e. The average molecular weight is 337 g/mol. The van der Waals surface area contributed by atoms with Gasteiger partial charge in [-0.25, -0.2) is 4.79 Å². The Hall–Kier alpha value is -3.08. The van der Waals surface area contributed by atoms with Crippen LogP contribution in [0.15, 0.2) is 59.3 Å². The van der Waals surface area contributed by atoms with Crippen molar-refractivity contribution in [3.8, 4) is 11.5 Å². The van der Waals surface area contributed by atoms with E-state index in [0.29, 0.717) is 30.2 Å². The fourth-order valence-electron chi connectivity index (χ4n) is 2.54. The SMILES string of the molecule is CCOc1ccc(/C=C2\C(=O)ON=C2c2ccccc2)c(OCC)c1. The van der Waals surface area contributed by atoms with Gasteiger partial charge in [-0.1, -0.05) is 35.5 Å². The van der Waals surface area contributed by atoms with Crippen LogP contribution in [0.1, 0.15) is 25.0 Å². The number of hydrogen-bond acceptors (Lipinski definition) is 5. The molecule has 128 valence electrons. The van der Waals surface area contributed by atoms with Crippen LogP contribution in [0.2, 0.25) is 0 Å². The van der Waals surface area contributed by atoms with E-state index in [1.165, 1.54) is 0 Å². The van der Waals surface area contributed by atoms with Gasteiger partial charge in [-0.05, 0) is 32.1 Å². The molecule has 1 aliphatic rings. The lowest BCUT2D eigenvalue weighted by Crippen LogP contribution is -2.07. The monoisotopic (exact) mass is 337 g/mol. The fourth-order valence-corrected chi connectivity index (χ4v) is 2.54. The van der Waals surface area contributed by atoms with Gasteiger partial charge in [-0.2, -0.15) is 0 Å². The van der Waals surface area contributed by atoms with Gasteiger partial charge in [0.15, 0.2) is 0 Å². The number of hydrogen-bond donors (Lipinski definition) is 0. The van der Waals surface area contributed by atoms with Crippen LogP contribution in [-0.4, -0.2) is 24.9 Å². The molecule has 2 aromatic rings. The molecule has 0 saturated carbocycles. The van der Waals surface area contributed by atoms with Gasteiger partial charge < -0.3 is 14.3 Å². The summed E-state index contributed by atoms with van der Waals surface area (Å²) in [5.41, 5.74) is 2.50. The molecular formula is C20H19NO4. The highest BCUT2D eigenvalue weighted by atomic mass is 16.7. The van der Waals surface area contributed by atoms with Crippen molar-refractivity contribution in [1.82, 2.24) is 0 Å². The Morgan fingerprint density at radius 1 is 1.04 bits per heavy atom. The second-order valence-corrected chi connectivity index (χ2v) is 5.31. The summed E-state index contributed by atoms with van der Waals surface area (Å²) in [5, 5.41) is 3.92. The molecule has 1 aliphatic heterocycles. The Balaban J connectivity index is 2.00. The maximum atomic E-state index is 12.1. The van der Waals surface area contributed by atoms with Crippen molar-refractivity contribution in [3.63, 3.8) is 0 Å². The van der Waals surface area contributed by atoms with E-state index in [4.69, 9.17) is 14.3 Å². The molecule has 5 heteroatoms. The molecule has 5 nitrogen and oxygen atoms in total. The molecule has 0 N–H and O–H groups in total. The number of rotatable bonds is 6. The summed E-state index contributed by atoms with van der Waals surface area (Å²) in [4.78, 5) is 17.0. The highest BCUT2D eigenvalue weighted by Crippen LogP contribution is 2.29. The van der Waals surface area contributed by atoms with E-state index in [0.717, 1.165) is 16.9 Å². The zero-order chi connectivity index (χ0) is 17.6. The molecule has 0 fully saturated rings. The summed E-state index contributed by atoms with van der Waals surface area (Å²) >= 11 is 0. The van der Waals surface area contributed by atoms with E-state index >= 15 is 0 Å². The van der Waals surface area contributed by atoms with Crippen LogP contribution in [0, 0.1) is 0 Å². The van der Waals surface area contributed by atoms with Crippen molar-refractivity contribution in [2.75, 3.05) is 13.2 Å². The Labute approximate surface area is 146 Å². The molecule has 0 radical (unpaired) electrons. The summed E-state index contributed by atoms with van der Waals surface area (Å²) in [6.45, 7) is 4.91. The van der Waals surface area contributed by atoms with Gasteiger partial charge in [0, 0.05) is 17.2 Å². The summed E-state index contributed by atoms with van der Waals surface area (Å²) < 4.78 is 11.2. The molecule has 25 heavy (non-hydrogen) atoms. The zero-order valence-electron chi connectivity index (χ0n) is 14.2. The summed E-state index contributed by atoms with van der Waals surface area (Å²) in [6.07, 6.45) is 1.74.